The second-order valence-electron chi connectivity index (χ2n) is 5.00. The molecule has 0 aromatic rings. The first-order valence-electron chi connectivity index (χ1n) is 5.30. The molecule has 0 spiro atoms. The predicted molar refractivity (Wildman–Crippen MR) is 58.8 cm³/mol. The van der Waals surface area contributed by atoms with Gasteiger partial charge in [0, 0.05) is 5.41 Å². The molecule has 4 nitrogen and oxygen atoms in total. The average Bonchev–Trinajstić information content (AvgIpc) is 2.10. The summed E-state index contributed by atoms with van der Waals surface area (Å²) in [6.07, 6.45) is 0.622. The molecule has 1 amide bonds. The van der Waals surface area contributed by atoms with Crippen LogP contribution in [0.4, 0.5) is 4.39 Å². The minimum absolute atomic E-state index is 0.314. The number of halogens is 1. The van der Waals surface area contributed by atoms with Gasteiger partial charge in [-0.2, -0.15) is 0 Å². The Labute approximate surface area is 95.2 Å². The van der Waals surface area contributed by atoms with Crippen LogP contribution in [0.1, 0.15) is 34.1 Å². The third-order valence-corrected chi connectivity index (χ3v) is 2.29. The van der Waals surface area contributed by atoms with Gasteiger partial charge < -0.3 is 10.4 Å². The summed E-state index contributed by atoms with van der Waals surface area (Å²) in [7, 11) is 0. The van der Waals surface area contributed by atoms with Gasteiger partial charge in [0.2, 0.25) is 5.91 Å². The second kappa shape index (κ2) is 5.82. The Bertz CT molecular complexity index is 264. The molecule has 0 saturated carbocycles. The van der Waals surface area contributed by atoms with Gasteiger partial charge in [-0.1, -0.05) is 27.7 Å². The van der Waals surface area contributed by atoms with Gasteiger partial charge in [0.05, 0.1) is 0 Å². The number of nitrogens with one attached hydrogen (secondary N) is 1. The molecule has 1 atom stereocenters. The van der Waals surface area contributed by atoms with E-state index in [2.05, 4.69) is 5.32 Å². The lowest BCUT2D eigenvalue weighted by atomic mass is 9.83. The minimum atomic E-state index is -1.45. The highest BCUT2D eigenvalue weighted by Gasteiger charge is 2.31. The quantitative estimate of drug-likeness (QED) is 0.732. The Morgan fingerprint density at radius 1 is 1.38 bits per heavy atom. The summed E-state index contributed by atoms with van der Waals surface area (Å²) in [5, 5.41) is 10.8. The van der Waals surface area contributed by atoms with Crippen molar-refractivity contribution in [2.45, 2.75) is 40.2 Å². The van der Waals surface area contributed by atoms with Gasteiger partial charge in [0.1, 0.15) is 6.67 Å². The van der Waals surface area contributed by atoms with E-state index < -0.39 is 30.0 Å². The highest BCUT2D eigenvalue weighted by molar-refractivity contribution is 5.87. The summed E-state index contributed by atoms with van der Waals surface area (Å²) in [6.45, 7) is 6.29. The summed E-state index contributed by atoms with van der Waals surface area (Å²) in [5.41, 5.74) is -0.683. The fourth-order valence-corrected chi connectivity index (χ4v) is 1.63. The highest BCUT2D eigenvalue weighted by atomic mass is 19.1. The maximum absolute atomic E-state index is 12.3. The maximum atomic E-state index is 12.3. The van der Waals surface area contributed by atoms with Crippen LogP contribution < -0.4 is 5.32 Å². The molecular weight excluding hydrogens is 213 g/mol. The Balaban J connectivity index is 4.49. The molecule has 0 aromatic carbocycles. The first-order valence-corrected chi connectivity index (χ1v) is 5.30. The van der Waals surface area contributed by atoms with Gasteiger partial charge in [-0.3, -0.25) is 4.79 Å². The molecule has 2 N–H and O–H groups in total. The normalized spacial score (nSPS) is 13.6. The van der Waals surface area contributed by atoms with Crippen molar-refractivity contribution in [1.82, 2.24) is 5.32 Å². The van der Waals surface area contributed by atoms with Gasteiger partial charge in [-0.25, -0.2) is 9.18 Å². The largest absolute Gasteiger partial charge is 0.480 e. The van der Waals surface area contributed by atoms with E-state index in [1.165, 1.54) is 0 Å². The molecule has 1 unspecified atom stereocenters. The molecule has 0 bridgehead atoms. The van der Waals surface area contributed by atoms with Crippen molar-refractivity contribution in [2.24, 2.45) is 11.3 Å². The van der Waals surface area contributed by atoms with Crippen LogP contribution in [0.3, 0.4) is 0 Å². The first kappa shape index (κ1) is 14.9. The molecule has 0 aliphatic carbocycles. The molecule has 0 radical (unpaired) electrons. The van der Waals surface area contributed by atoms with Crippen LogP contribution in [-0.2, 0) is 9.59 Å². The van der Waals surface area contributed by atoms with Crippen LogP contribution in [0.25, 0.3) is 0 Å². The SMILES string of the molecule is CC(C)CC(C)(C)C(=O)NC(CF)C(=O)O. The van der Waals surface area contributed by atoms with Gasteiger partial charge in [-0.15, -0.1) is 0 Å². The monoisotopic (exact) mass is 233 g/mol. The van der Waals surface area contributed by atoms with Crippen molar-refractivity contribution < 1.29 is 19.1 Å². The number of amides is 1. The Hall–Kier alpha value is -1.13. The van der Waals surface area contributed by atoms with Crippen molar-refractivity contribution in [3.63, 3.8) is 0 Å². The average molecular weight is 233 g/mol. The lowest BCUT2D eigenvalue weighted by Crippen LogP contribution is -2.48. The summed E-state index contributed by atoms with van der Waals surface area (Å²) in [5.74, 6) is -1.46. The minimum Gasteiger partial charge on any atom is -0.480 e. The van der Waals surface area contributed by atoms with Gasteiger partial charge in [0.15, 0.2) is 6.04 Å². The van der Waals surface area contributed by atoms with Crippen LogP contribution in [0.5, 0.6) is 0 Å². The Morgan fingerprint density at radius 3 is 2.19 bits per heavy atom. The molecule has 0 rings (SSSR count). The summed E-state index contributed by atoms with van der Waals surface area (Å²) >= 11 is 0. The number of carboxylic acids is 1. The molecule has 16 heavy (non-hydrogen) atoms. The molecule has 0 saturated heterocycles. The Kier molecular flexibility index (Phi) is 5.41. The summed E-state index contributed by atoms with van der Waals surface area (Å²) in [6, 6.07) is -1.45. The standard InChI is InChI=1S/C11H20FNO3/c1-7(2)5-11(3,4)10(16)13-8(6-12)9(14)15/h7-8H,5-6H2,1-4H3,(H,13,16)(H,14,15). The molecule has 0 aromatic heterocycles. The number of carbonyl (C=O) groups is 2. The lowest BCUT2D eigenvalue weighted by Gasteiger charge is -2.26. The topological polar surface area (TPSA) is 66.4 Å². The number of hydrogen-bond donors (Lipinski definition) is 2. The van der Waals surface area contributed by atoms with Crippen molar-refractivity contribution in [3.05, 3.63) is 0 Å². The first-order chi connectivity index (χ1) is 7.20. The fraction of sp³-hybridized carbons (Fsp3) is 0.818. The molecule has 0 fully saturated rings. The number of hydrogen-bond acceptors (Lipinski definition) is 2. The van der Waals surface area contributed by atoms with Gasteiger partial charge in [0.25, 0.3) is 0 Å². The smallest absolute Gasteiger partial charge is 0.328 e. The van der Waals surface area contributed by atoms with Crippen molar-refractivity contribution in [2.75, 3.05) is 6.67 Å². The third kappa shape index (κ3) is 4.59. The lowest BCUT2D eigenvalue weighted by molar-refractivity contribution is -0.144. The van der Waals surface area contributed by atoms with E-state index in [1.807, 2.05) is 13.8 Å². The zero-order valence-electron chi connectivity index (χ0n) is 10.2. The van der Waals surface area contributed by atoms with E-state index in [9.17, 15) is 14.0 Å². The number of alkyl halides is 1. The van der Waals surface area contributed by atoms with Crippen LogP contribution in [0, 0.1) is 11.3 Å². The van der Waals surface area contributed by atoms with Gasteiger partial charge in [-0.05, 0) is 12.3 Å². The summed E-state index contributed by atoms with van der Waals surface area (Å²) < 4.78 is 12.3. The van der Waals surface area contributed by atoms with E-state index in [0.717, 1.165) is 0 Å². The number of carboxylic acid groups (broad SMARTS) is 1. The number of carbonyl (C=O) groups excluding carboxylic acids is 1. The maximum Gasteiger partial charge on any atom is 0.328 e. The fourth-order valence-electron chi connectivity index (χ4n) is 1.63. The molecule has 94 valence electrons. The van der Waals surface area contributed by atoms with Crippen LogP contribution in [0.15, 0.2) is 0 Å². The van der Waals surface area contributed by atoms with E-state index in [-0.39, 0.29) is 0 Å². The highest BCUT2D eigenvalue weighted by Crippen LogP contribution is 2.25. The van der Waals surface area contributed by atoms with E-state index in [0.29, 0.717) is 12.3 Å². The predicted octanol–water partition coefficient (Wildman–Crippen LogP) is 1.60. The number of aliphatic carboxylic acids is 1. The molecule has 0 aliphatic heterocycles. The molecular formula is C11H20FNO3. The zero-order valence-corrected chi connectivity index (χ0v) is 10.2. The molecule has 0 aliphatic rings. The van der Waals surface area contributed by atoms with E-state index in [1.54, 1.807) is 13.8 Å². The summed E-state index contributed by atoms with van der Waals surface area (Å²) in [4.78, 5) is 22.3. The van der Waals surface area contributed by atoms with E-state index >= 15 is 0 Å². The van der Waals surface area contributed by atoms with Crippen molar-refractivity contribution >= 4 is 11.9 Å². The van der Waals surface area contributed by atoms with Crippen LogP contribution in [-0.4, -0.2) is 29.7 Å². The van der Waals surface area contributed by atoms with Crippen molar-refractivity contribution in [1.29, 1.82) is 0 Å². The van der Waals surface area contributed by atoms with E-state index in [4.69, 9.17) is 5.11 Å². The van der Waals surface area contributed by atoms with Crippen LogP contribution >= 0.6 is 0 Å². The van der Waals surface area contributed by atoms with Crippen molar-refractivity contribution in [3.8, 4) is 0 Å². The zero-order chi connectivity index (χ0) is 12.9. The van der Waals surface area contributed by atoms with Gasteiger partial charge >= 0.3 is 5.97 Å². The second-order valence-corrected chi connectivity index (χ2v) is 5.00. The molecule has 5 heteroatoms. The van der Waals surface area contributed by atoms with Crippen LogP contribution in [0.2, 0.25) is 0 Å². The Morgan fingerprint density at radius 2 is 1.88 bits per heavy atom. The third-order valence-electron chi connectivity index (χ3n) is 2.29. The number of rotatable bonds is 6. The molecule has 0 heterocycles.